The molecule has 0 aromatic heterocycles. The Hall–Kier alpha value is -1.86. The zero-order valence-electron chi connectivity index (χ0n) is 11.9. The van der Waals surface area contributed by atoms with Crippen molar-refractivity contribution in [2.45, 2.75) is 26.2 Å². The molecular formula is C16H20FNO2. The zero-order chi connectivity index (χ0) is 15.0. The lowest BCUT2D eigenvalue weighted by Gasteiger charge is -2.17. The molecule has 1 N–H and O–H groups in total. The van der Waals surface area contributed by atoms with E-state index in [2.05, 4.69) is 18.8 Å². The summed E-state index contributed by atoms with van der Waals surface area (Å²) >= 11 is 0. The highest BCUT2D eigenvalue weighted by atomic mass is 19.1. The summed E-state index contributed by atoms with van der Waals surface area (Å²) in [5, 5.41) is 8.58. The third-order valence-electron chi connectivity index (χ3n) is 2.96. The summed E-state index contributed by atoms with van der Waals surface area (Å²) in [7, 11) is 1.72. The van der Waals surface area contributed by atoms with Gasteiger partial charge in [-0.3, -0.25) is 4.79 Å². The lowest BCUT2D eigenvalue weighted by Crippen LogP contribution is -2.27. The van der Waals surface area contributed by atoms with Gasteiger partial charge in [0.05, 0.1) is 5.56 Å². The Balaban J connectivity index is 2.76. The monoisotopic (exact) mass is 277 g/mol. The number of unbranched alkanes of at least 4 members (excludes halogenated alkanes) is 2. The molecule has 0 unspecified atom stereocenters. The van der Waals surface area contributed by atoms with Gasteiger partial charge < -0.3 is 10.0 Å². The summed E-state index contributed by atoms with van der Waals surface area (Å²) in [4.78, 5) is 13.7. The van der Waals surface area contributed by atoms with Crippen molar-refractivity contribution in [3.63, 3.8) is 0 Å². The molecule has 0 radical (unpaired) electrons. The van der Waals surface area contributed by atoms with Crippen molar-refractivity contribution in [1.29, 1.82) is 0 Å². The normalized spacial score (nSPS) is 9.80. The van der Waals surface area contributed by atoms with E-state index in [1.54, 1.807) is 18.0 Å². The molecule has 0 atom stereocenters. The molecular weight excluding hydrogens is 257 g/mol. The smallest absolute Gasteiger partial charge is 0.253 e. The average Bonchev–Trinajstić information content (AvgIpc) is 2.45. The molecule has 0 saturated heterocycles. The lowest BCUT2D eigenvalue weighted by molar-refractivity contribution is 0.0792. The average molecular weight is 277 g/mol. The molecule has 0 aliphatic heterocycles. The van der Waals surface area contributed by atoms with Gasteiger partial charge >= 0.3 is 0 Å². The largest absolute Gasteiger partial charge is 0.384 e. The van der Waals surface area contributed by atoms with E-state index in [1.807, 2.05) is 0 Å². The summed E-state index contributed by atoms with van der Waals surface area (Å²) in [6.07, 6.45) is 3.11. The molecule has 1 aromatic rings. The zero-order valence-corrected chi connectivity index (χ0v) is 11.9. The molecule has 0 spiro atoms. The molecule has 1 amide bonds. The van der Waals surface area contributed by atoms with E-state index in [0.29, 0.717) is 12.1 Å². The van der Waals surface area contributed by atoms with Gasteiger partial charge in [0.2, 0.25) is 0 Å². The Kier molecular flexibility index (Phi) is 6.75. The van der Waals surface area contributed by atoms with E-state index in [-0.39, 0.29) is 18.1 Å². The SMILES string of the molecule is CCCCCN(C)C(=O)c1ccc(C#CCO)c(F)c1. The van der Waals surface area contributed by atoms with Gasteiger partial charge in [0.15, 0.2) is 0 Å². The summed E-state index contributed by atoms with van der Waals surface area (Å²) in [5.74, 6) is 4.15. The number of rotatable bonds is 5. The quantitative estimate of drug-likeness (QED) is 0.663. The van der Waals surface area contributed by atoms with Crippen molar-refractivity contribution in [3.8, 4) is 11.8 Å². The van der Waals surface area contributed by atoms with E-state index in [1.165, 1.54) is 12.1 Å². The number of halogens is 1. The van der Waals surface area contributed by atoms with Crippen LogP contribution in [0, 0.1) is 17.7 Å². The van der Waals surface area contributed by atoms with Crippen LogP contribution in [0.4, 0.5) is 4.39 Å². The number of hydrogen-bond acceptors (Lipinski definition) is 2. The van der Waals surface area contributed by atoms with Crippen molar-refractivity contribution in [2.75, 3.05) is 20.2 Å². The minimum absolute atomic E-state index is 0.184. The van der Waals surface area contributed by atoms with E-state index in [4.69, 9.17) is 5.11 Å². The summed E-state index contributed by atoms with van der Waals surface area (Å²) < 4.78 is 13.7. The molecule has 0 fully saturated rings. The van der Waals surface area contributed by atoms with Crippen molar-refractivity contribution < 1.29 is 14.3 Å². The van der Waals surface area contributed by atoms with Crippen LogP contribution in [0.25, 0.3) is 0 Å². The topological polar surface area (TPSA) is 40.5 Å². The van der Waals surface area contributed by atoms with E-state index in [0.717, 1.165) is 19.3 Å². The molecule has 0 heterocycles. The van der Waals surface area contributed by atoms with Crippen molar-refractivity contribution in [2.24, 2.45) is 0 Å². The highest BCUT2D eigenvalue weighted by Gasteiger charge is 2.13. The number of aliphatic hydroxyl groups is 1. The molecule has 0 aliphatic carbocycles. The molecule has 1 rings (SSSR count). The van der Waals surface area contributed by atoms with Gasteiger partial charge in [0.1, 0.15) is 12.4 Å². The molecule has 0 bridgehead atoms. The Morgan fingerprint density at radius 2 is 2.15 bits per heavy atom. The first-order chi connectivity index (χ1) is 9.60. The first-order valence-electron chi connectivity index (χ1n) is 6.75. The lowest BCUT2D eigenvalue weighted by atomic mass is 10.1. The Morgan fingerprint density at radius 1 is 1.40 bits per heavy atom. The molecule has 3 nitrogen and oxygen atoms in total. The van der Waals surface area contributed by atoms with Crippen LogP contribution in [0.2, 0.25) is 0 Å². The van der Waals surface area contributed by atoms with Gasteiger partial charge in [-0.25, -0.2) is 4.39 Å². The third kappa shape index (κ3) is 4.67. The van der Waals surface area contributed by atoms with Gasteiger partial charge in [-0.1, -0.05) is 31.6 Å². The minimum Gasteiger partial charge on any atom is -0.384 e. The molecule has 108 valence electrons. The molecule has 1 aromatic carbocycles. The second-order valence-corrected chi connectivity index (χ2v) is 4.59. The van der Waals surface area contributed by atoms with Crippen LogP contribution < -0.4 is 0 Å². The second kappa shape index (κ2) is 8.34. The second-order valence-electron chi connectivity index (χ2n) is 4.59. The van der Waals surface area contributed by atoms with E-state index < -0.39 is 5.82 Å². The number of nitrogens with zero attached hydrogens (tertiary/aromatic N) is 1. The third-order valence-corrected chi connectivity index (χ3v) is 2.96. The van der Waals surface area contributed by atoms with E-state index in [9.17, 15) is 9.18 Å². The van der Waals surface area contributed by atoms with Crippen molar-refractivity contribution in [3.05, 3.63) is 35.1 Å². The number of hydrogen-bond donors (Lipinski definition) is 1. The maximum Gasteiger partial charge on any atom is 0.253 e. The van der Waals surface area contributed by atoms with Crippen LogP contribution in [0.3, 0.4) is 0 Å². The van der Waals surface area contributed by atoms with Crippen LogP contribution in [-0.4, -0.2) is 36.1 Å². The molecule has 0 aliphatic rings. The maximum absolute atomic E-state index is 13.7. The highest BCUT2D eigenvalue weighted by molar-refractivity contribution is 5.94. The van der Waals surface area contributed by atoms with Crippen LogP contribution in [-0.2, 0) is 0 Å². The van der Waals surface area contributed by atoms with Crippen LogP contribution >= 0.6 is 0 Å². The number of benzene rings is 1. The van der Waals surface area contributed by atoms with Crippen LogP contribution in [0.5, 0.6) is 0 Å². The number of aliphatic hydroxyl groups excluding tert-OH is 1. The first kappa shape index (κ1) is 16.2. The Bertz CT molecular complexity index is 517. The highest BCUT2D eigenvalue weighted by Crippen LogP contribution is 2.12. The predicted molar refractivity (Wildman–Crippen MR) is 76.8 cm³/mol. The van der Waals surface area contributed by atoms with Crippen molar-refractivity contribution in [1.82, 2.24) is 4.90 Å². The molecule has 20 heavy (non-hydrogen) atoms. The number of carbonyl (C=O) groups is 1. The fourth-order valence-corrected chi connectivity index (χ4v) is 1.81. The summed E-state index contributed by atoms with van der Waals surface area (Å²) in [5.41, 5.74) is 0.500. The minimum atomic E-state index is -0.543. The van der Waals surface area contributed by atoms with Gasteiger partial charge in [-0.15, -0.1) is 0 Å². The van der Waals surface area contributed by atoms with Gasteiger partial charge in [0, 0.05) is 19.2 Å². The van der Waals surface area contributed by atoms with Crippen LogP contribution in [0.15, 0.2) is 18.2 Å². The van der Waals surface area contributed by atoms with Gasteiger partial charge in [0.25, 0.3) is 5.91 Å². The standard InChI is InChI=1S/C16H20FNO2/c1-3-4-5-10-18(2)16(20)14-9-8-13(7-6-11-19)15(17)12-14/h8-9,12,19H,3-5,10-11H2,1-2H3. The number of amides is 1. The van der Waals surface area contributed by atoms with Crippen LogP contribution in [0.1, 0.15) is 42.1 Å². The summed E-state index contributed by atoms with van der Waals surface area (Å²) in [6, 6.07) is 4.22. The van der Waals surface area contributed by atoms with Crippen molar-refractivity contribution >= 4 is 5.91 Å². The van der Waals surface area contributed by atoms with Gasteiger partial charge in [-0.2, -0.15) is 0 Å². The summed E-state index contributed by atoms with van der Waals surface area (Å²) in [6.45, 7) is 2.45. The first-order valence-corrected chi connectivity index (χ1v) is 6.75. The maximum atomic E-state index is 13.7. The Morgan fingerprint density at radius 3 is 2.75 bits per heavy atom. The number of carbonyl (C=O) groups excluding carboxylic acids is 1. The molecule has 0 saturated carbocycles. The van der Waals surface area contributed by atoms with E-state index >= 15 is 0 Å². The fraction of sp³-hybridized carbons (Fsp3) is 0.438. The van der Waals surface area contributed by atoms with Gasteiger partial charge in [-0.05, 0) is 24.6 Å². The predicted octanol–water partition coefficient (Wildman–Crippen LogP) is 2.43. The Labute approximate surface area is 119 Å². The fourth-order valence-electron chi connectivity index (χ4n) is 1.81. The molecule has 4 heteroatoms.